The number of amides is 1. The van der Waals surface area contributed by atoms with Crippen LogP contribution in [0.4, 0.5) is 0 Å². The van der Waals surface area contributed by atoms with E-state index in [1.165, 1.54) is 26.4 Å². The van der Waals surface area contributed by atoms with Crippen molar-refractivity contribution in [3.05, 3.63) is 0 Å². The minimum absolute atomic E-state index is 0.123. The fourth-order valence-corrected chi connectivity index (χ4v) is 6.59. The van der Waals surface area contributed by atoms with Gasteiger partial charge in [0.25, 0.3) is 0 Å². The van der Waals surface area contributed by atoms with Crippen molar-refractivity contribution >= 4 is 11.9 Å². The topological polar surface area (TPSA) is 55.8 Å². The number of carbonyl (C=O) groups excluding carboxylic acids is 2. The first-order valence-corrected chi connectivity index (χ1v) is 10.5. The minimum atomic E-state index is -0.292. The monoisotopic (exact) mass is 363 g/mol. The summed E-state index contributed by atoms with van der Waals surface area (Å²) in [6, 6.07) is 0. The molecule has 0 aromatic carbocycles. The Bertz CT molecular complexity index is 519. The van der Waals surface area contributed by atoms with Gasteiger partial charge in [0, 0.05) is 19.7 Å². The zero-order chi connectivity index (χ0) is 18.3. The van der Waals surface area contributed by atoms with Crippen molar-refractivity contribution in [2.45, 2.75) is 64.4 Å². The summed E-state index contributed by atoms with van der Waals surface area (Å²) >= 11 is 0. The average Bonchev–Trinajstić information content (AvgIpc) is 3.11. The predicted molar refractivity (Wildman–Crippen MR) is 97.3 cm³/mol. The molecule has 5 fully saturated rings. The number of hydrogen-bond donors (Lipinski definition) is 0. The molecule has 2 unspecified atom stereocenters. The van der Waals surface area contributed by atoms with Gasteiger partial charge in [-0.15, -0.1) is 0 Å². The first-order valence-electron chi connectivity index (χ1n) is 10.5. The number of ether oxygens (including phenoxy) is 2. The third kappa shape index (κ3) is 3.39. The highest BCUT2D eigenvalue weighted by Gasteiger charge is 2.55. The molecule has 0 aromatic heterocycles. The van der Waals surface area contributed by atoms with E-state index in [0.29, 0.717) is 19.0 Å². The molecule has 146 valence electrons. The van der Waals surface area contributed by atoms with Crippen LogP contribution in [0.2, 0.25) is 0 Å². The fourth-order valence-electron chi connectivity index (χ4n) is 6.59. The van der Waals surface area contributed by atoms with E-state index in [1.54, 1.807) is 0 Å². The summed E-state index contributed by atoms with van der Waals surface area (Å²) in [4.78, 5) is 27.7. The molecule has 4 bridgehead atoms. The zero-order valence-electron chi connectivity index (χ0n) is 16.2. The van der Waals surface area contributed by atoms with Crippen molar-refractivity contribution in [1.82, 2.24) is 4.90 Å². The van der Waals surface area contributed by atoms with Gasteiger partial charge < -0.3 is 14.4 Å². The molecule has 5 nitrogen and oxygen atoms in total. The smallest absolute Gasteiger partial charge is 0.310 e. The molecular weight excluding hydrogens is 330 g/mol. The molecule has 1 aliphatic heterocycles. The van der Waals surface area contributed by atoms with Gasteiger partial charge in [-0.25, -0.2) is 0 Å². The lowest BCUT2D eigenvalue weighted by atomic mass is 9.49. The van der Waals surface area contributed by atoms with E-state index in [1.807, 2.05) is 11.8 Å². The Morgan fingerprint density at radius 1 is 1.15 bits per heavy atom. The Labute approximate surface area is 156 Å². The summed E-state index contributed by atoms with van der Waals surface area (Å²) < 4.78 is 10.7. The Hall–Kier alpha value is -1.10. The van der Waals surface area contributed by atoms with Crippen molar-refractivity contribution in [3.63, 3.8) is 0 Å². The summed E-state index contributed by atoms with van der Waals surface area (Å²) in [6.45, 7) is 3.73. The van der Waals surface area contributed by atoms with E-state index >= 15 is 0 Å². The molecule has 0 N–H and O–H groups in total. The number of hydrogen-bond acceptors (Lipinski definition) is 4. The number of methoxy groups -OCH3 is 1. The Morgan fingerprint density at radius 2 is 1.77 bits per heavy atom. The lowest BCUT2D eigenvalue weighted by molar-refractivity contribution is -0.161. The number of rotatable bonds is 6. The molecule has 5 aliphatic rings. The standard InChI is InChI=1S/C21H33NO4/c1-14(19(23)25-2)12-22(13-18-4-3-5-26-18)20(24)21-9-15-6-16(10-21)8-17(7-15)11-21/h14-18H,3-13H2,1-2H3. The molecule has 1 saturated heterocycles. The minimum Gasteiger partial charge on any atom is -0.469 e. The van der Waals surface area contributed by atoms with E-state index in [2.05, 4.69) is 0 Å². The molecule has 5 heteroatoms. The maximum atomic E-state index is 13.7. The fraction of sp³-hybridized carbons (Fsp3) is 0.905. The van der Waals surface area contributed by atoms with E-state index in [-0.39, 0.29) is 23.4 Å². The largest absolute Gasteiger partial charge is 0.469 e. The second-order valence-corrected chi connectivity index (χ2v) is 9.47. The van der Waals surface area contributed by atoms with Crippen LogP contribution in [0.3, 0.4) is 0 Å². The van der Waals surface area contributed by atoms with E-state index in [9.17, 15) is 9.59 Å². The van der Waals surface area contributed by atoms with Gasteiger partial charge in [0.05, 0.1) is 24.5 Å². The average molecular weight is 363 g/mol. The van der Waals surface area contributed by atoms with Crippen LogP contribution in [0.25, 0.3) is 0 Å². The number of esters is 1. The van der Waals surface area contributed by atoms with E-state index in [0.717, 1.165) is 56.5 Å². The molecule has 1 heterocycles. The summed E-state index contributed by atoms with van der Waals surface area (Å²) in [5.41, 5.74) is -0.163. The van der Waals surface area contributed by atoms with Gasteiger partial charge in [-0.05, 0) is 69.1 Å². The lowest BCUT2D eigenvalue weighted by Gasteiger charge is -2.56. The second kappa shape index (κ2) is 7.14. The maximum absolute atomic E-state index is 13.7. The van der Waals surface area contributed by atoms with Gasteiger partial charge in [-0.3, -0.25) is 9.59 Å². The third-order valence-electron chi connectivity index (χ3n) is 7.32. The normalized spacial score (nSPS) is 39.0. The molecule has 5 rings (SSSR count). The van der Waals surface area contributed by atoms with Crippen molar-refractivity contribution in [1.29, 1.82) is 0 Å². The van der Waals surface area contributed by atoms with Crippen LogP contribution in [0.1, 0.15) is 58.3 Å². The summed E-state index contributed by atoms with van der Waals surface area (Å²) in [7, 11) is 1.42. The van der Waals surface area contributed by atoms with Gasteiger partial charge in [0.15, 0.2) is 0 Å². The van der Waals surface area contributed by atoms with Crippen molar-refractivity contribution in [2.24, 2.45) is 29.1 Å². The van der Waals surface area contributed by atoms with Gasteiger partial charge in [0.1, 0.15) is 0 Å². The molecule has 4 saturated carbocycles. The molecule has 0 spiro atoms. The Balaban J connectivity index is 1.52. The van der Waals surface area contributed by atoms with Crippen molar-refractivity contribution in [2.75, 3.05) is 26.8 Å². The Morgan fingerprint density at radius 3 is 2.27 bits per heavy atom. The second-order valence-electron chi connectivity index (χ2n) is 9.47. The van der Waals surface area contributed by atoms with Crippen molar-refractivity contribution < 1.29 is 19.1 Å². The van der Waals surface area contributed by atoms with Crippen LogP contribution in [-0.4, -0.2) is 49.7 Å². The number of nitrogens with zero attached hydrogens (tertiary/aromatic N) is 1. The van der Waals surface area contributed by atoms with Gasteiger partial charge >= 0.3 is 5.97 Å². The van der Waals surface area contributed by atoms with Crippen LogP contribution < -0.4 is 0 Å². The summed E-state index contributed by atoms with van der Waals surface area (Å²) in [6.07, 6.45) is 9.38. The summed E-state index contributed by atoms with van der Waals surface area (Å²) in [5, 5.41) is 0. The van der Waals surface area contributed by atoms with Crippen LogP contribution in [0.15, 0.2) is 0 Å². The molecule has 4 aliphatic carbocycles. The Kier molecular flexibility index (Phi) is 5.02. The van der Waals surface area contributed by atoms with Gasteiger partial charge in [-0.1, -0.05) is 6.92 Å². The van der Waals surface area contributed by atoms with Crippen LogP contribution in [-0.2, 0) is 19.1 Å². The number of carbonyl (C=O) groups is 2. The molecule has 0 aromatic rings. The van der Waals surface area contributed by atoms with Crippen LogP contribution >= 0.6 is 0 Å². The summed E-state index contributed by atoms with van der Waals surface area (Å²) in [5.74, 6) is 2.00. The van der Waals surface area contributed by atoms with Crippen LogP contribution in [0.5, 0.6) is 0 Å². The van der Waals surface area contributed by atoms with Gasteiger partial charge in [-0.2, -0.15) is 0 Å². The van der Waals surface area contributed by atoms with Gasteiger partial charge in [0.2, 0.25) is 5.91 Å². The quantitative estimate of drug-likeness (QED) is 0.681. The highest BCUT2D eigenvalue weighted by Crippen LogP contribution is 2.60. The first-order chi connectivity index (χ1) is 12.5. The zero-order valence-corrected chi connectivity index (χ0v) is 16.2. The molecule has 26 heavy (non-hydrogen) atoms. The highest BCUT2D eigenvalue weighted by molar-refractivity contribution is 5.84. The first kappa shape index (κ1) is 18.3. The molecule has 1 amide bonds. The SMILES string of the molecule is COC(=O)C(C)CN(CC1CCCO1)C(=O)C12CC3CC(CC(C3)C1)C2. The predicted octanol–water partition coefficient (Wildman–Crippen LogP) is 3.02. The van der Waals surface area contributed by atoms with Crippen LogP contribution in [0, 0.1) is 29.1 Å². The maximum Gasteiger partial charge on any atom is 0.310 e. The van der Waals surface area contributed by atoms with E-state index in [4.69, 9.17) is 9.47 Å². The third-order valence-corrected chi connectivity index (χ3v) is 7.32. The molecule has 2 atom stereocenters. The van der Waals surface area contributed by atoms with E-state index < -0.39 is 0 Å². The molecule has 0 radical (unpaired) electrons. The van der Waals surface area contributed by atoms with Crippen molar-refractivity contribution in [3.8, 4) is 0 Å². The highest BCUT2D eigenvalue weighted by atomic mass is 16.5. The molecular formula is C21H33NO4. The lowest BCUT2D eigenvalue weighted by Crippen LogP contribution is -2.56.